The Bertz CT molecular complexity index is 1080. The van der Waals surface area contributed by atoms with Crippen molar-refractivity contribution in [3.63, 3.8) is 0 Å². The van der Waals surface area contributed by atoms with Crippen molar-refractivity contribution in [3.05, 3.63) is 70.4 Å². The van der Waals surface area contributed by atoms with Gasteiger partial charge in [0, 0.05) is 42.8 Å². The zero-order chi connectivity index (χ0) is 19.8. The molecule has 3 aromatic rings. The molecule has 148 valence electrons. The summed E-state index contributed by atoms with van der Waals surface area (Å²) in [6.45, 7) is 3.98. The van der Waals surface area contributed by atoms with Gasteiger partial charge < -0.3 is 14.5 Å². The Morgan fingerprint density at radius 3 is 2.66 bits per heavy atom. The van der Waals surface area contributed by atoms with Crippen LogP contribution in [-0.2, 0) is 17.7 Å². The van der Waals surface area contributed by atoms with Crippen LogP contribution < -0.4 is 4.90 Å². The van der Waals surface area contributed by atoms with E-state index in [1.54, 1.807) is 6.20 Å². The molecule has 0 aliphatic carbocycles. The first-order valence-electron chi connectivity index (χ1n) is 9.98. The Hall–Kier alpha value is -2.63. The van der Waals surface area contributed by atoms with E-state index in [-0.39, 0.29) is 5.91 Å². The Labute approximate surface area is 174 Å². The number of ether oxygens (including phenoxy) is 1. The number of aromatic nitrogens is 1. The van der Waals surface area contributed by atoms with Crippen molar-refractivity contribution in [2.45, 2.75) is 13.0 Å². The van der Waals surface area contributed by atoms with Gasteiger partial charge in [-0.05, 0) is 35.7 Å². The predicted molar refractivity (Wildman–Crippen MR) is 115 cm³/mol. The first-order valence-corrected chi connectivity index (χ1v) is 10.4. The van der Waals surface area contributed by atoms with Gasteiger partial charge in [-0.2, -0.15) is 0 Å². The number of carbonyl (C=O) groups excluding carboxylic acids is 1. The monoisotopic (exact) mass is 407 g/mol. The summed E-state index contributed by atoms with van der Waals surface area (Å²) >= 11 is 6.33. The summed E-state index contributed by atoms with van der Waals surface area (Å²) in [5.74, 6) is 0.0107. The van der Waals surface area contributed by atoms with Crippen molar-refractivity contribution in [2.24, 2.45) is 0 Å². The molecular weight excluding hydrogens is 386 g/mol. The minimum absolute atomic E-state index is 0.0107. The van der Waals surface area contributed by atoms with Gasteiger partial charge in [-0.1, -0.05) is 35.9 Å². The smallest absolute Gasteiger partial charge is 0.257 e. The molecule has 29 heavy (non-hydrogen) atoms. The van der Waals surface area contributed by atoms with Crippen LogP contribution >= 0.6 is 11.6 Å². The highest BCUT2D eigenvalue weighted by atomic mass is 35.5. The molecule has 1 aromatic heterocycles. The quantitative estimate of drug-likeness (QED) is 0.645. The van der Waals surface area contributed by atoms with E-state index < -0.39 is 0 Å². The molecule has 0 radical (unpaired) electrons. The SMILES string of the molecule is O=C(c1cnc2ccc(Cl)cc2c1N1CCc2ccccc2C1)N1CCOCC1. The number of pyridine rings is 1. The number of anilines is 1. The molecule has 2 aliphatic rings. The summed E-state index contributed by atoms with van der Waals surface area (Å²) in [5, 5.41) is 1.57. The molecule has 2 aliphatic heterocycles. The highest BCUT2D eigenvalue weighted by Crippen LogP contribution is 2.35. The minimum Gasteiger partial charge on any atom is -0.378 e. The third kappa shape index (κ3) is 3.45. The van der Waals surface area contributed by atoms with Crippen molar-refractivity contribution in [1.29, 1.82) is 0 Å². The van der Waals surface area contributed by atoms with Gasteiger partial charge in [-0.3, -0.25) is 9.78 Å². The number of morpholine rings is 1. The van der Waals surface area contributed by atoms with Crippen LogP contribution in [0.4, 0.5) is 5.69 Å². The molecule has 0 atom stereocenters. The lowest BCUT2D eigenvalue weighted by molar-refractivity contribution is 0.0303. The zero-order valence-electron chi connectivity index (χ0n) is 16.1. The number of benzene rings is 2. The van der Waals surface area contributed by atoms with Crippen molar-refractivity contribution >= 4 is 34.1 Å². The van der Waals surface area contributed by atoms with Crippen LogP contribution in [0, 0.1) is 0 Å². The molecule has 1 saturated heterocycles. The molecule has 6 heteroatoms. The maximum Gasteiger partial charge on any atom is 0.257 e. The van der Waals surface area contributed by atoms with E-state index in [1.165, 1.54) is 11.1 Å². The van der Waals surface area contributed by atoms with Gasteiger partial charge in [0.05, 0.1) is 30.0 Å². The average Bonchev–Trinajstić information content (AvgIpc) is 2.78. The van der Waals surface area contributed by atoms with E-state index in [0.29, 0.717) is 36.9 Å². The molecular formula is C23H22ClN3O2. The van der Waals surface area contributed by atoms with E-state index in [0.717, 1.165) is 36.1 Å². The lowest BCUT2D eigenvalue weighted by Crippen LogP contribution is -2.41. The van der Waals surface area contributed by atoms with Crippen molar-refractivity contribution in [1.82, 2.24) is 9.88 Å². The third-order valence-electron chi connectivity index (χ3n) is 5.78. The minimum atomic E-state index is 0.0107. The molecule has 0 spiro atoms. The second kappa shape index (κ2) is 7.65. The normalized spacial score (nSPS) is 16.7. The lowest BCUT2D eigenvalue weighted by Gasteiger charge is -2.34. The second-order valence-corrected chi connectivity index (χ2v) is 7.96. The van der Waals surface area contributed by atoms with Crippen LogP contribution in [0.15, 0.2) is 48.7 Å². The van der Waals surface area contributed by atoms with Crippen molar-refractivity contribution in [2.75, 3.05) is 37.7 Å². The number of hydrogen-bond donors (Lipinski definition) is 0. The fourth-order valence-electron chi connectivity index (χ4n) is 4.27. The van der Waals surface area contributed by atoms with Crippen molar-refractivity contribution < 1.29 is 9.53 Å². The van der Waals surface area contributed by atoms with E-state index in [2.05, 4.69) is 34.1 Å². The molecule has 1 fully saturated rings. The summed E-state index contributed by atoms with van der Waals surface area (Å²) in [6, 6.07) is 14.2. The summed E-state index contributed by atoms with van der Waals surface area (Å²) in [4.78, 5) is 22.1. The molecule has 3 heterocycles. The number of nitrogens with zero attached hydrogens (tertiary/aromatic N) is 3. The standard InChI is InChI=1S/C23H22ClN3O2/c24-18-5-6-21-19(13-18)22(27-8-7-16-3-1-2-4-17(16)15-27)20(14-25-21)23(28)26-9-11-29-12-10-26/h1-6,13-14H,7-12,15H2. The molecule has 1 amide bonds. The van der Waals surface area contributed by atoms with Crippen LogP contribution in [0.5, 0.6) is 0 Å². The van der Waals surface area contributed by atoms with Crippen LogP contribution in [-0.4, -0.2) is 48.6 Å². The van der Waals surface area contributed by atoms with E-state index in [1.807, 2.05) is 23.1 Å². The average molecular weight is 408 g/mol. The van der Waals surface area contributed by atoms with Crippen LogP contribution in [0.2, 0.25) is 5.02 Å². The predicted octanol–water partition coefficient (Wildman–Crippen LogP) is 3.92. The molecule has 0 N–H and O–H groups in total. The van der Waals surface area contributed by atoms with E-state index in [4.69, 9.17) is 16.3 Å². The lowest BCUT2D eigenvalue weighted by atomic mass is 9.97. The van der Waals surface area contributed by atoms with Gasteiger partial charge in [0.15, 0.2) is 0 Å². The van der Waals surface area contributed by atoms with Gasteiger partial charge in [0.25, 0.3) is 5.91 Å². The molecule has 2 aromatic carbocycles. The maximum atomic E-state index is 13.4. The molecule has 0 unspecified atom stereocenters. The summed E-state index contributed by atoms with van der Waals surface area (Å²) < 4.78 is 5.42. The van der Waals surface area contributed by atoms with Crippen LogP contribution in [0.3, 0.4) is 0 Å². The van der Waals surface area contributed by atoms with Gasteiger partial charge >= 0.3 is 0 Å². The summed E-state index contributed by atoms with van der Waals surface area (Å²) in [6.07, 6.45) is 2.68. The number of hydrogen-bond acceptors (Lipinski definition) is 4. The first kappa shape index (κ1) is 18.4. The van der Waals surface area contributed by atoms with E-state index in [9.17, 15) is 4.79 Å². The highest BCUT2D eigenvalue weighted by molar-refractivity contribution is 6.31. The highest BCUT2D eigenvalue weighted by Gasteiger charge is 2.27. The number of halogens is 1. The Balaban J connectivity index is 1.63. The molecule has 0 bridgehead atoms. The Kier molecular flexibility index (Phi) is 4.86. The number of rotatable bonds is 2. The maximum absolute atomic E-state index is 13.4. The number of carbonyl (C=O) groups is 1. The fourth-order valence-corrected chi connectivity index (χ4v) is 4.44. The van der Waals surface area contributed by atoms with Crippen molar-refractivity contribution in [3.8, 4) is 0 Å². The Morgan fingerprint density at radius 1 is 1.03 bits per heavy atom. The third-order valence-corrected chi connectivity index (χ3v) is 6.01. The van der Waals surface area contributed by atoms with Gasteiger partial charge in [-0.15, -0.1) is 0 Å². The summed E-state index contributed by atoms with van der Waals surface area (Å²) in [7, 11) is 0. The second-order valence-electron chi connectivity index (χ2n) is 7.53. The number of amides is 1. The Morgan fingerprint density at radius 2 is 1.83 bits per heavy atom. The zero-order valence-corrected chi connectivity index (χ0v) is 16.9. The molecule has 0 saturated carbocycles. The summed E-state index contributed by atoms with van der Waals surface area (Å²) in [5.41, 5.74) is 5.10. The van der Waals surface area contributed by atoms with Gasteiger partial charge in [-0.25, -0.2) is 0 Å². The largest absolute Gasteiger partial charge is 0.378 e. The first-order chi connectivity index (χ1) is 14.2. The topological polar surface area (TPSA) is 45.7 Å². The van der Waals surface area contributed by atoms with Gasteiger partial charge in [0.2, 0.25) is 0 Å². The van der Waals surface area contributed by atoms with Crippen LogP contribution in [0.1, 0.15) is 21.5 Å². The van der Waals surface area contributed by atoms with Gasteiger partial charge in [0.1, 0.15) is 0 Å². The fraction of sp³-hybridized carbons (Fsp3) is 0.304. The van der Waals surface area contributed by atoms with Crippen LogP contribution in [0.25, 0.3) is 10.9 Å². The molecule has 5 rings (SSSR count). The van der Waals surface area contributed by atoms with E-state index >= 15 is 0 Å². The number of fused-ring (bicyclic) bond motifs is 2. The molecule has 5 nitrogen and oxygen atoms in total.